The zero-order chi connectivity index (χ0) is 11.0. The number of carbonyl (C=O) groups is 1. The average Bonchev–Trinajstić information content (AvgIpc) is 2.10. The van der Waals surface area contributed by atoms with E-state index in [0.717, 1.165) is 0 Å². The zero-order valence-corrected chi connectivity index (χ0v) is 8.86. The number of alkyl halides is 2. The van der Waals surface area contributed by atoms with Gasteiger partial charge in [0, 0.05) is 18.8 Å². The summed E-state index contributed by atoms with van der Waals surface area (Å²) in [5.41, 5.74) is -0.394. The van der Waals surface area contributed by atoms with E-state index in [4.69, 9.17) is 0 Å². The maximum atomic E-state index is 13.2. The highest BCUT2D eigenvalue weighted by Crippen LogP contribution is 2.55. The number of nitrogens with one attached hydrogen (secondary N) is 1. The van der Waals surface area contributed by atoms with Crippen molar-refractivity contribution < 1.29 is 13.6 Å². The fraction of sp³-hybridized carbons (Fsp3) is 0.900. The van der Waals surface area contributed by atoms with Crippen molar-refractivity contribution in [2.45, 2.75) is 52.0 Å². The van der Waals surface area contributed by atoms with Crippen LogP contribution < -0.4 is 5.32 Å². The quantitative estimate of drug-likeness (QED) is 0.752. The molecule has 1 saturated carbocycles. The van der Waals surface area contributed by atoms with E-state index in [1.807, 2.05) is 13.8 Å². The summed E-state index contributed by atoms with van der Waals surface area (Å²) in [4.78, 5) is 10.8. The molecule has 1 aliphatic carbocycles. The summed E-state index contributed by atoms with van der Waals surface area (Å²) >= 11 is 0. The first kappa shape index (κ1) is 11.4. The molecule has 82 valence electrons. The minimum Gasteiger partial charge on any atom is -0.347 e. The first-order chi connectivity index (χ1) is 6.38. The molecule has 0 spiro atoms. The summed E-state index contributed by atoms with van der Waals surface area (Å²) < 4.78 is 26.4. The van der Waals surface area contributed by atoms with Crippen LogP contribution in [0.5, 0.6) is 0 Å². The van der Waals surface area contributed by atoms with Crippen molar-refractivity contribution in [1.82, 2.24) is 5.32 Å². The molecule has 0 aromatic carbocycles. The lowest BCUT2D eigenvalue weighted by molar-refractivity contribution is -0.199. The van der Waals surface area contributed by atoms with Gasteiger partial charge in [-0.3, -0.25) is 4.79 Å². The highest BCUT2D eigenvalue weighted by atomic mass is 19.3. The monoisotopic (exact) mass is 205 g/mol. The van der Waals surface area contributed by atoms with Crippen LogP contribution in [0, 0.1) is 5.41 Å². The average molecular weight is 205 g/mol. The summed E-state index contributed by atoms with van der Waals surface area (Å²) in [5, 5.41) is 2.37. The van der Waals surface area contributed by atoms with Crippen LogP contribution in [0.1, 0.15) is 40.0 Å². The molecule has 0 aliphatic heterocycles. The summed E-state index contributed by atoms with van der Waals surface area (Å²) in [5.74, 6) is -3.10. The minimum absolute atomic E-state index is 0.0993. The van der Waals surface area contributed by atoms with Crippen LogP contribution in [0.4, 0.5) is 8.78 Å². The molecule has 2 nitrogen and oxygen atoms in total. The molecule has 1 aliphatic rings. The Bertz CT molecular complexity index is 236. The van der Waals surface area contributed by atoms with Gasteiger partial charge < -0.3 is 5.32 Å². The van der Waals surface area contributed by atoms with E-state index in [0.29, 0.717) is 12.8 Å². The molecule has 1 rings (SSSR count). The number of hydrogen-bond acceptors (Lipinski definition) is 1. The number of hydrogen-bond donors (Lipinski definition) is 1. The van der Waals surface area contributed by atoms with E-state index in [1.54, 1.807) is 0 Å². The maximum Gasteiger partial charge on any atom is 0.269 e. The molecule has 0 radical (unpaired) electrons. The smallest absolute Gasteiger partial charge is 0.269 e. The van der Waals surface area contributed by atoms with Gasteiger partial charge in [-0.25, -0.2) is 8.78 Å². The molecule has 1 N–H and O–H groups in total. The Labute approximate surface area is 83.1 Å². The van der Waals surface area contributed by atoms with Crippen LogP contribution in [0.25, 0.3) is 0 Å². The van der Waals surface area contributed by atoms with Gasteiger partial charge in [0.25, 0.3) is 5.92 Å². The Morgan fingerprint density at radius 3 is 2.21 bits per heavy atom. The SMILES string of the molecule is CCC1(CC)CC(F)(F)C1NC(C)=O. The van der Waals surface area contributed by atoms with Crippen molar-refractivity contribution in [2.75, 3.05) is 0 Å². The lowest BCUT2D eigenvalue weighted by Gasteiger charge is -2.54. The van der Waals surface area contributed by atoms with Crippen molar-refractivity contribution in [3.05, 3.63) is 0 Å². The summed E-state index contributed by atoms with van der Waals surface area (Å²) in [6.45, 7) is 5.07. The van der Waals surface area contributed by atoms with E-state index >= 15 is 0 Å². The van der Waals surface area contributed by atoms with Gasteiger partial charge in [0.1, 0.15) is 0 Å². The lowest BCUT2D eigenvalue weighted by atomic mass is 9.58. The molecule has 0 aromatic rings. The van der Waals surface area contributed by atoms with Crippen LogP contribution in [-0.2, 0) is 4.79 Å². The zero-order valence-electron chi connectivity index (χ0n) is 8.86. The minimum atomic E-state index is -2.72. The predicted molar refractivity (Wildman–Crippen MR) is 50.2 cm³/mol. The topological polar surface area (TPSA) is 29.1 Å². The van der Waals surface area contributed by atoms with E-state index < -0.39 is 17.4 Å². The van der Waals surface area contributed by atoms with Crippen LogP contribution in [-0.4, -0.2) is 17.9 Å². The normalized spacial score (nSPS) is 27.9. The van der Waals surface area contributed by atoms with Crippen molar-refractivity contribution in [2.24, 2.45) is 5.41 Å². The van der Waals surface area contributed by atoms with Crippen LogP contribution in [0.3, 0.4) is 0 Å². The second-order valence-electron chi connectivity index (χ2n) is 4.14. The van der Waals surface area contributed by atoms with Crippen LogP contribution in [0.15, 0.2) is 0 Å². The largest absolute Gasteiger partial charge is 0.347 e. The number of halogens is 2. The van der Waals surface area contributed by atoms with Gasteiger partial charge in [-0.2, -0.15) is 0 Å². The molecule has 0 aromatic heterocycles. The molecule has 14 heavy (non-hydrogen) atoms. The van der Waals surface area contributed by atoms with E-state index in [-0.39, 0.29) is 12.3 Å². The van der Waals surface area contributed by atoms with Crippen LogP contribution >= 0.6 is 0 Å². The molecule has 1 unspecified atom stereocenters. The molecule has 4 heteroatoms. The van der Waals surface area contributed by atoms with Gasteiger partial charge in [0.15, 0.2) is 0 Å². The highest BCUT2D eigenvalue weighted by Gasteiger charge is 2.64. The standard InChI is InChI=1S/C10H17F2NO/c1-4-9(5-2)6-10(11,12)8(9)13-7(3)14/h8H,4-6H2,1-3H3,(H,13,14). The molecule has 0 heterocycles. The lowest BCUT2D eigenvalue weighted by Crippen LogP contribution is -2.67. The first-order valence-electron chi connectivity index (χ1n) is 5.03. The van der Waals surface area contributed by atoms with Crippen molar-refractivity contribution in [3.63, 3.8) is 0 Å². The van der Waals surface area contributed by atoms with Crippen molar-refractivity contribution in [3.8, 4) is 0 Å². The van der Waals surface area contributed by atoms with Gasteiger partial charge in [-0.05, 0) is 12.8 Å². The first-order valence-corrected chi connectivity index (χ1v) is 5.03. The Kier molecular flexibility index (Phi) is 2.83. The summed E-state index contributed by atoms with van der Waals surface area (Å²) in [6.07, 6.45) is 1.27. The molecule has 1 atom stereocenters. The third-order valence-corrected chi connectivity index (χ3v) is 3.38. The van der Waals surface area contributed by atoms with Crippen molar-refractivity contribution in [1.29, 1.82) is 0 Å². The second kappa shape index (κ2) is 3.48. The molecular formula is C10H17F2NO. The number of carbonyl (C=O) groups excluding carboxylic acids is 1. The fourth-order valence-corrected chi connectivity index (χ4v) is 2.36. The van der Waals surface area contributed by atoms with Crippen molar-refractivity contribution >= 4 is 5.91 Å². The molecular weight excluding hydrogens is 188 g/mol. The predicted octanol–water partition coefficient (Wildman–Crippen LogP) is 2.34. The third-order valence-electron chi connectivity index (χ3n) is 3.38. The Morgan fingerprint density at radius 1 is 1.43 bits per heavy atom. The molecule has 1 fully saturated rings. The van der Waals surface area contributed by atoms with Gasteiger partial charge >= 0.3 is 0 Å². The Balaban J connectivity index is 2.78. The Hall–Kier alpha value is -0.670. The maximum absolute atomic E-state index is 13.2. The second-order valence-corrected chi connectivity index (χ2v) is 4.14. The summed E-state index contributed by atoms with van der Waals surface area (Å²) in [7, 11) is 0. The molecule has 1 amide bonds. The van der Waals surface area contributed by atoms with E-state index in [9.17, 15) is 13.6 Å². The summed E-state index contributed by atoms with van der Waals surface area (Å²) in [6, 6.07) is -0.970. The van der Waals surface area contributed by atoms with Gasteiger partial charge in [-0.1, -0.05) is 13.8 Å². The van der Waals surface area contributed by atoms with Gasteiger partial charge in [-0.15, -0.1) is 0 Å². The highest BCUT2D eigenvalue weighted by molar-refractivity contribution is 5.73. The van der Waals surface area contributed by atoms with Crippen LogP contribution in [0.2, 0.25) is 0 Å². The van der Waals surface area contributed by atoms with E-state index in [1.165, 1.54) is 6.92 Å². The fourth-order valence-electron chi connectivity index (χ4n) is 2.36. The van der Waals surface area contributed by atoms with Gasteiger partial charge in [0.2, 0.25) is 5.91 Å². The number of amides is 1. The third kappa shape index (κ3) is 1.62. The molecule has 0 saturated heterocycles. The number of rotatable bonds is 3. The molecule has 0 bridgehead atoms. The Morgan fingerprint density at radius 2 is 1.93 bits per heavy atom. The van der Waals surface area contributed by atoms with Gasteiger partial charge in [0.05, 0.1) is 6.04 Å². The van der Waals surface area contributed by atoms with E-state index in [2.05, 4.69) is 5.32 Å².